The summed E-state index contributed by atoms with van der Waals surface area (Å²) in [6.45, 7) is 5.69. The summed E-state index contributed by atoms with van der Waals surface area (Å²) in [6.07, 6.45) is 1.24. The summed E-state index contributed by atoms with van der Waals surface area (Å²) in [5, 5.41) is -0.0665. The smallest absolute Gasteiger partial charge is 0.119 e. The van der Waals surface area contributed by atoms with Gasteiger partial charge in [0, 0.05) is 6.61 Å². The predicted molar refractivity (Wildman–Crippen MR) is 69.7 cm³/mol. The fourth-order valence-electron chi connectivity index (χ4n) is 2.20. The molecular weight excluding hydrogens is 236 g/mol. The molecule has 2 nitrogen and oxygen atoms in total. The van der Waals surface area contributed by atoms with Crippen LogP contribution in [-0.4, -0.2) is 19.3 Å². The Balaban J connectivity index is 2.05. The largest absolute Gasteiger partial charge is 0.494 e. The van der Waals surface area contributed by atoms with Gasteiger partial charge in [0.15, 0.2) is 0 Å². The lowest BCUT2D eigenvalue weighted by Crippen LogP contribution is -2.19. The van der Waals surface area contributed by atoms with Gasteiger partial charge in [-0.1, -0.05) is 19.1 Å². The Bertz CT molecular complexity index is 350. The molecule has 94 valence electrons. The molecule has 1 heterocycles. The first kappa shape index (κ1) is 12.7. The van der Waals surface area contributed by atoms with E-state index in [0.717, 1.165) is 24.3 Å². The summed E-state index contributed by atoms with van der Waals surface area (Å²) in [6, 6.07) is 7.98. The third-order valence-corrected chi connectivity index (χ3v) is 3.74. The molecule has 0 aromatic heterocycles. The van der Waals surface area contributed by atoms with Crippen LogP contribution in [0.5, 0.6) is 5.75 Å². The topological polar surface area (TPSA) is 18.5 Å². The molecule has 17 heavy (non-hydrogen) atoms. The van der Waals surface area contributed by atoms with Gasteiger partial charge in [0.25, 0.3) is 0 Å². The van der Waals surface area contributed by atoms with Crippen LogP contribution in [0.15, 0.2) is 24.3 Å². The third kappa shape index (κ3) is 2.93. The van der Waals surface area contributed by atoms with E-state index in [1.54, 1.807) is 0 Å². The highest BCUT2D eigenvalue weighted by atomic mass is 35.5. The van der Waals surface area contributed by atoms with E-state index >= 15 is 0 Å². The van der Waals surface area contributed by atoms with Crippen LogP contribution in [0, 0.1) is 5.92 Å². The Morgan fingerprint density at radius 1 is 1.41 bits per heavy atom. The molecule has 0 amide bonds. The van der Waals surface area contributed by atoms with Crippen molar-refractivity contribution in [2.24, 2.45) is 5.92 Å². The van der Waals surface area contributed by atoms with E-state index in [1.807, 2.05) is 31.2 Å². The molecular formula is C14H19ClO2. The number of hydrogen-bond donors (Lipinski definition) is 0. The lowest BCUT2D eigenvalue weighted by atomic mass is 9.97. The second kappa shape index (κ2) is 5.74. The molecule has 3 heteroatoms. The van der Waals surface area contributed by atoms with Crippen molar-refractivity contribution in [1.29, 1.82) is 0 Å². The maximum atomic E-state index is 6.47. The average molecular weight is 255 g/mol. The van der Waals surface area contributed by atoms with Gasteiger partial charge in [-0.15, -0.1) is 11.6 Å². The Labute approximate surface area is 108 Å². The fourth-order valence-corrected chi connectivity index (χ4v) is 2.66. The van der Waals surface area contributed by atoms with Gasteiger partial charge >= 0.3 is 0 Å². The van der Waals surface area contributed by atoms with Crippen molar-refractivity contribution in [1.82, 2.24) is 0 Å². The summed E-state index contributed by atoms with van der Waals surface area (Å²) in [4.78, 5) is 0. The van der Waals surface area contributed by atoms with E-state index in [4.69, 9.17) is 21.1 Å². The Morgan fingerprint density at radius 2 is 2.12 bits per heavy atom. The summed E-state index contributed by atoms with van der Waals surface area (Å²) < 4.78 is 11.1. The van der Waals surface area contributed by atoms with Gasteiger partial charge in [-0.3, -0.25) is 0 Å². The minimum Gasteiger partial charge on any atom is -0.494 e. The highest BCUT2D eigenvalue weighted by Crippen LogP contribution is 2.36. The zero-order valence-corrected chi connectivity index (χ0v) is 11.1. The van der Waals surface area contributed by atoms with Crippen molar-refractivity contribution in [2.45, 2.75) is 31.7 Å². The van der Waals surface area contributed by atoms with Crippen molar-refractivity contribution in [3.63, 3.8) is 0 Å². The molecule has 1 aliphatic rings. The van der Waals surface area contributed by atoms with E-state index in [0.29, 0.717) is 12.5 Å². The first-order valence-electron chi connectivity index (χ1n) is 6.20. The van der Waals surface area contributed by atoms with Crippen LogP contribution >= 0.6 is 11.6 Å². The van der Waals surface area contributed by atoms with Crippen molar-refractivity contribution in [3.05, 3.63) is 29.8 Å². The molecule has 1 saturated heterocycles. The summed E-state index contributed by atoms with van der Waals surface area (Å²) in [5.41, 5.74) is 1.11. The number of hydrogen-bond acceptors (Lipinski definition) is 2. The highest BCUT2D eigenvalue weighted by Gasteiger charge is 2.31. The number of halogens is 1. The van der Waals surface area contributed by atoms with Crippen molar-refractivity contribution >= 4 is 11.6 Å². The zero-order valence-electron chi connectivity index (χ0n) is 10.4. The van der Waals surface area contributed by atoms with Crippen molar-refractivity contribution < 1.29 is 9.47 Å². The third-order valence-electron chi connectivity index (χ3n) is 3.24. The minimum atomic E-state index is -0.0665. The van der Waals surface area contributed by atoms with Gasteiger partial charge in [-0.05, 0) is 37.0 Å². The van der Waals surface area contributed by atoms with E-state index in [9.17, 15) is 0 Å². The number of rotatable bonds is 4. The molecule has 1 fully saturated rings. The first-order valence-corrected chi connectivity index (χ1v) is 6.64. The van der Waals surface area contributed by atoms with Crippen LogP contribution in [0.3, 0.4) is 0 Å². The minimum absolute atomic E-state index is 0.0665. The van der Waals surface area contributed by atoms with Gasteiger partial charge in [-0.2, -0.15) is 0 Å². The molecule has 2 rings (SSSR count). The summed E-state index contributed by atoms with van der Waals surface area (Å²) in [5.74, 6) is 1.42. The maximum absolute atomic E-state index is 6.47. The normalized spacial score (nSPS) is 25.8. The number of alkyl halides is 1. The second-order valence-corrected chi connectivity index (χ2v) is 4.98. The molecule has 0 radical (unpaired) electrons. The zero-order chi connectivity index (χ0) is 12.3. The van der Waals surface area contributed by atoms with Gasteiger partial charge in [0.1, 0.15) is 5.75 Å². The van der Waals surface area contributed by atoms with Crippen LogP contribution < -0.4 is 4.74 Å². The van der Waals surface area contributed by atoms with Gasteiger partial charge in [0.2, 0.25) is 0 Å². The van der Waals surface area contributed by atoms with Crippen LogP contribution in [-0.2, 0) is 4.74 Å². The summed E-state index contributed by atoms with van der Waals surface area (Å²) >= 11 is 6.47. The molecule has 0 spiro atoms. The van der Waals surface area contributed by atoms with Gasteiger partial charge < -0.3 is 9.47 Å². The molecule has 1 aromatic carbocycles. The van der Waals surface area contributed by atoms with E-state index in [1.165, 1.54) is 0 Å². The molecule has 3 atom stereocenters. The average Bonchev–Trinajstić information content (AvgIpc) is 2.76. The van der Waals surface area contributed by atoms with Crippen LogP contribution in [0.2, 0.25) is 0 Å². The van der Waals surface area contributed by atoms with Crippen LogP contribution in [0.25, 0.3) is 0 Å². The molecule has 1 aromatic rings. The Hall–Kier alpha value is -0.730. The summed E-state index contributed by atoms with van der Waals surface area (Å²) in [7, 11) is 0. The molecule has 0 saturated carbocycles. The van der Waals surface area contributed by atoms with Crippen LogP contribution in [0.1, 0.15) is 31.2 Å². The molecule has 3 unspecified atom stereocenters. The van der Waals surface area contributed by atoms with Gasteiger partial charge in [-0.25, -0.2) is 0 Å². The SMILES string of the molecule is CCOc1ccc(C(Cl)C2OCCC2C)cc1. The molecule has 0 N–H and O–H groups in total. The van der Waals surface area contributed by atoms with E-state index < -0.39 is 0 Å². The Morgan fingerprint density at radius 3 is 2.65 bits per heavy atom. The first-order chi connectivity index (χ1) is 8.22. The van der Waals surface area contributed by atoms with Crippen molar-refractivity contribution in [3.8, 4) is 5.75 Å². The van der Waals surface area contributed by atoms with Crippen molar-refractivity contribution in [2.75, 3.05) is 13.2 Å². The molecule has 1 aliphatic heterocycles. The maximum Gasteiger partial charge on any atom is 0.119 e. The highest BCUT2D eigenvalue weighted by molar-refractivity contribution is 6.21. The number of ether oxygens (including phenoxy) is 2. The monoisotopic (exact) mass is 254 g/mol. The lowest BCUT2D eigenvalue weighted by molar-refractivity contribution is 0.0903. The second-order valence-electron chi connectivity index (χ2n) is 4.51. The lowest BCUT2D eigenvalue weighted by Gasteiger charge is -2.21. The predicted octanol–water partition coefficient (Wildman–Crippen LogP) is 3.79. The molecule has 0 aliphatic carbocycles. The molecule has 0 bridgehead atoms. The quantitative estimate of drug-likeness (QED) is 0.761. The van der Waals surface area contributed by atoms with Crippen LogP contribution in [0.4, 0.5) is 0 Å². The fraction of sp³-hybridized carbons (Fsp3) is 0.571. The van der Waals surface area contributed by atoms with Gasteiger partial charge in [0.05, 0.1) is 18.1 Å². The number of benzene rings is 1. The Kier molecular flexibility index (Phi) is 4.30. The van der Waals surface area contributed by atoms with E-state index in [2.05, 4.69) is 6.92 Å². The van der Waals surface area contributed by atoms with E-state index in [-0.39, 0.29) is 11.5 Å². The standard InChI is InChI=1S/C14H19ClO2/c1-3-16-12-6-4-11(5-7-12)13(15)14-10(2)8-9-17-14/h4-7,10,13-14H,3,8-9H2,1-2H3.